The molecule has 0 amide bonds. The Bertz CT molecular complexity index is 1210. The van der Waals surface area contributed by atoms with Crippen LogP contribution in [0, 0.1) is 0 Å². The summed E-state index contributed by atoms with van der Waals surface area (Å²) in [7, 11) is 0. The maximum atomic E-state index is 12.8. The van der Waals surface area contributed by atoms with E-state index in [4.69, 9.17) is 9.97 Å². The number of nitrogens with zero attached hydrogens (tertiary/aromatic N) is 6. The summed E-state index contributed by atoms with van der Waals surface area (Å²) in [6.07, 6.45) is 7.49. The zero-order valence-corrected chi connectivity index (χ0v) is 22.1. The molecule has 6 aliphatic heterocycles. The van der Waals surface area contributed by atoms with Crippen LogP contribution in [0.2, 0.25) is 0 Å². The van der Waals surface area contributed by atoms with Crippen molar-refractivity contribution in [3.05, 3.63) is 60.4 Å². The second kappa shape index (κ2) is 11.6. The molecular weight excluding hydrogens is 482 g/mol. The van der Waals surface area contributed by atoms with E-state index in [-0.39, 0.29) is 13.5 Å². The van der Waals surface area contributed by atoms with E-state index in [1.165, 1.54) is 5.56 Å². The van der Waals surface area contributed by atoms with Crippen molar-refractivity contribution in [1.82, 2.24) is 24.8 Å². The number of Topliss-reactive ketones (excluding diaryl/α,β-unsaturated/α-hetero) is 1. The molecule has 9 heteroatoms. The van der Waals surface area contributed by atoms with Crippen LogP contribution >= 0.6 is 13.5 Å². The molecular formula is C28H35N7OS. The Hall–Kier alpha value is -3.01. The van der Waals surface area contributed by atoms with Crippen LogP contribution < -0.4 is 10.2 Å². The lowest BCUT2D eigenvalue weighted by Gasteiger charge is -2.34. The largest absolute Gasteiger partial charge is 0.354 e. The van der Waals surface area contributed by atoms with Gasteiger partial charge in [0.2, 0.25) is 5.95 Å². The van der Waals surface area contributed by atoms with Crippen LogP contribution in [-0.4, -0.2) is 75.8 Å². The summed E-state index contributed by atoms with van der Waals surface area (Å²) in [5, 5.41) is 3.37. The molecule has 0 spiro atoms. The first kappa shape index (κ1) is 25.6. The van der Waals surface area contributed by atoms with E-state index in [1.54, 1.807) is 6.20 Å². The van der Waals surface area contributed by atoms with E-state index in [0.29, 0.717) is 30.7 Å². The molecule has 8 heterocycles. The van der Waals surface area contributed by atoms with Crippen LogP contribution in [0.25, 0.3) is 11.3 Å². The van der Waals surface area contributed by atoms with Crippen LogP contribution in [0.1, 0.15) is 31.2 Å². The zero-order chi connectivity index (χ0) is 24.3. The molecule has 2 aromatic heterocycles. The molecule has 6 aliphatic rings. The van der Waals surface area contributed by atoms with Gasteiger partial charge in [-0.15, -0.1) is 0 Å². The van der Waals surface area contributed by atoms with Gasteiger partial charge in [-0.1, -0.05) is 12.1 Å². The maximum Gasteiger partial charge on any atom is 0.227 e. The minimum atomic E-state index is 0. The topological polar surface area (TPSA) is 77.5 Å². The summed E-state index contributed by atoms with van der Waals surface area (Å²) in [6, 6.07) is 14.9. The number of aromatic nitrogens is 3. The van der Waals surface area contributed by atoms with Crippen LogP contribution in [0.4, 0.5) is 17.5 Å². The van der Waals surface area contributed by atoms with Crippen LogP contribution in [0.3, 0.4) is 0 Å². The molecule has 37 heavy (non-hydrogen) atoms. The van der Waals surface area contributed by atoms with Crippen molar-refractivity contribution in [2.75, 3.05) is 49.5 Å². The van der Waals surface area contributed by atoms with Crippen LogP contribution in [0.15, 0.2) is 54.9 Å². The maximum absolute atomic E-state index is 12.8. The predicted molar refractivity (Wildman–Crippen MR) is 152 cm³/mol. The average molecular weight is 518 g/mol. The van der Waals surface area contributed by atoms with Gasteiger partial charge in [0.25, 0.3) is 0 Å². The van der Waals surface area contributed by atoms with E-state index >= 15 is 0 Å². The van der Waals surface area contributed by atoms with Crippen LogP contribution in [0.5, 0.6) is 0 Å². The highest BCUT2D eigenvalue weighted by atomic mass is 32.1. The van der Waals surface area contributed by atoms with Gasteiger partial charge in [-0.3, -0.25) is 14.6 Å². The molecule has 1 N–H and O–H groups in total. The van der Waals surface area contributed by atoms with Gasteiger partial charge in [-0.2, -0.15) is 13.5 Å². The highest BCUT2D eigenvalue weighted by Crippen LogP contribution is 2.28. The van der Waals surface area contributed by atoms with Gasteiger partial charge < -0.3 is 10.2 Å². The number of pyridine rings is 1. The van der Waals surface area contributed by atoms with Crippen molar-refractivity contribution in [3.63, 3.8) is 0 Å². The molecule has 8 bridgehead atoms. The number of anilines is 3. The fraction of sp³-hybridized carbons (Fsp3) is 0.429. The summed E-state index contributed by atoms with van der Waals surface area (Å²) in [5.41, 5.74) is 4.03. The molecule has 1 atom stereocenters. The quantitative estimate of drug-likeness (QED) is 0.482. The molecule has 3 aromatic rings. The predicted octanol–water partition coefficient (Wildman–Crippen LogP) is 3.84. The highest BCUT2D eigenvalue weighted by molar-refractivity contribution is 7.59. The standard InChI is InChI=1S/C28H33N7O.H2S/c36-25-8-7-24-5-2-12-35(24)27-9-6-22(18-30-27)26-10-11-29-28(32-26)31-23-4-1-3-21(17-23)19-33-13-15-34(20-25)16-14-33;/h1,3-4,6,9-11,17-18,24H,2,5,7-8,12-16,19-20H2,(H,29,31,32);1H2. The minimum absolute atomic E-state index is 0. The summed E-state index contributed by atoms with van der Waals surface area (Å²) < 4.78 is 0. The third-order valence-corrected chi connectivity index (χ3v) is 7.58. The van der Waals surface area contributed by atoms with E-state index < -0.39 is 0 Å². The number of piperazine rings is 1. The SMILES string of the molecule is O=C1CCC2CCCN2c2ccc(cn2)-c2ccnc(n2)Nc2cccc(c2)CN2CCN(CC2)C1.S. The van der Waals surface area contributed by atoms with Crippen molar-refractivity contribution in [2.45, 2.75) is 38.3 Å². The number of nitrogens with one attached hydrogen (secondary N) is 1. The van der Waals surface area contributed by atoms with E-state index in [1.807, 2.05) is 18.3 Å². The molecule has 1 aromatic carbocycles. The fourth-order valence-electron chi connectivity index (χ4n) is 5.62. The van der Waals surface area contributed by atoms with Crippen molar-refractivity contribution in [1.29, 1.82) is 0 Å². The first-order valence-corrected chi connectivity index (χ1v) is 13.1. The lowest BCUT2D eigenvalue weighted by molar-refractivity contribution is -0.120. The summed E-state index contributed by atoms with van der Waals surface area (Å²) in [5.74, 6) is 1.92. The molecule has 1 unspecified atom stereocenters. The molecule has 0 radical (unpaired) electrons. The van der Waals surface area contributed by atoms with Gasteiger partial charge in [0.05, 0.1) is 12.2 Å². The van der Waals surface area contributed by atoms with Crippen molar-refractivity contribution in [2.24, 2.45) is 0 Å². The average Bonchev–Trinajstić information content (AvgIpc) is 3.37. The molecule has 8 nitrogen and oxygen atoms in total. The number of hydrogen-bond donors (Lipinski definition) is 1. The van der Waals surface area contributed by atoms with Gasteiger partial charge in [0.15, 0.2) is 0 Å². The second-order valence-corrected chi connectivity index (χ2v) is 10.1. The monoisotopic (exact) mass is 517 g/mol. The Kier molecular flexibility index (Phi) is 8.02. The minimum Gasteiger partial charge on any atom is -0.354 e. The summed E-state index contributed by atoms with van der Waals surface area (Å²) >= 11 is 0. The zero-order valence-electron chi connectivity index (χ0n) is 21.1. The number of carbonyl (C=O) groups excluding carboxylic acids is 1. The Labute approximate surface area is 225 Å². The van der Waals surface area contributed by atoms with E-state index in [9.17, 15) is 4.79 Å². The Morgan fingerprint density at radius 1 is 0.892 bits per heavy atom. The van der Waals surface area contributed by atoms with Gasteiger partial charge >= 0.3 is 0 Å². The molecule has 194 valence electrons. The Balaban J connectivity index is 0.00000280. The fourth-order valence-corrected chi connectivity index (χ4v) is 5.62. The third kappa shape index (κ3) is 6.11. The molecule has 2 saturated heterocycles. The van der Waals surface area contributed by atoms with Crippen molar-refractivity contribution in [3.8, 4) is 11.3 Å². The van der Waals surface area contributed by atoms with E-state index in [0.717, 1.165) is 81.3 Å². The molecule has 2 fully saturated rings. The second-order valence-electron chi connectivity index (χ2n) is 10.1. The van der Waals surface area contributed by atoms with Gasteiger partial charge in [0, 0.05) is 75.4 Å². The van der Waals surface area contributed by atoms with Gasteiger partial charge in [-0.05, 0) is 55.2 Å². The molecule has 9 rings (SSSR count). The third-order valence-electron chi connectivity index (χ3n) is 7.58. The number of rotatable bonds is 0. The Morgan fingerprint density at radius 2 is 1.73 bits per heavy atom. The Morgan fingerprint density at radius 3 is 2.54 bits per heavy atom. The number of ketones is 1. The van der Waals surface area contributed by atoms with Crippen LogP contribution in [-0.2, 0) is 11.3 Å². The number of benzene rings is 1. The first-order valence-electron chi connectivity index (χ1n) is 13.1. The van der Waals surface area contributed by atoms with Gasteiger partial charge in [-0.25, -0.2) is 15.0 Å². The van der Waals surface area contributed by atoms with Gasteiger partial charge in [0.1, 0.15) is 11.6 Å². The molecule has 0 aliphatic carbocycles. The number of carbonyl (C=O) groups is 1. The van der Waals surface area contributed by atoms with Crippen molar-refractivity contribution >= 4 is 36.7 Å². The lowest BCUT2D eigenvalue weighted by atomic mass is 10.1. The summed E-state index contributed by atoms with van der Waals surface area (Å²) in [6.45, 7) is 6.31. The highest BCUT2D eigenvalue weighted by Gasteiger charge is 2.27. The number of hydrogen-bond acceptors (Lipinski definition) is 8. The normalized spacial score (nSPS) is 23.8. The first-order chi connectivity index (χ1) is 17.7. The lowest BCUT2D eigenvalue weighted by Crippen LogP contribution is -2.47. The van der Waals surface area contributed by atoms with Crippen molar-refractivity contribution < 1.29 is 4.79 Å². The van der Waals surface area contributed by atoms with E-state index in [2.05, 4.69) is 55.3 Å². The summed E-state index contributed by atoms with van der Waals surface area (Å²) in [4.78, 5) is 34.0. The molecule has 0 saturated carbocycles. The smallest absolute Gasteiger partial charge is 0.227 e.